The summed E-state index contributed by atoms with van der Waals surface area (Å²) in [6.45, 7) is 2.39. The molecule has 20 N–H and O–H groups in total. The molecule has 0 radical (unpaired) electrons. The molecule has 7 aliphatic rings. The number of hydrogen-bond acceptors (Lipinski definition) is 35. The Hall–Kier alpha value is -2.28. The SMILES string of the molecule is C=C(C)NCCSCC1OC(OC2C(CO)OC(OC3CC(O)COC3CO)C(O)C2O)C(O)C(O)C1OC1OC(CO)C(OC2OC(CO)C(OC3OC(CO)C(OC4OC(CSCCNC(=O)Cc5c[nH]cn5)C(O)C(O)C4O)CC3O)C(O)C2O)CC1O. The summed E-state index contributed by atoms with van der Waals surface area (Å²) in [6.07, 6.45) is -46.1. The third-order valence-electron chi connectivity index (χ3n) is 16.4. The lowest BCUT2D eigenvalue weighted by atomic mass is 9.96. The summed E-state index contributed by atoms with van der Waals surface area (Å²) in [5, 5.41) is 192. The van der Waals surface area contributed by atoms with Crippen LogP contribution in [0.5, 0.6) is 0 Å². The molecular weight excluding hydrogens is 1260 g/mol. The normalized spacial score (nSPS) is 44.1. The van der Waals surface area contributed by atoms with Crippen molar-refractivity contribution in [3.05, 3.63) is 30.5 Å². The first-order chi connectivity index (χ1) is 43.6. The van der Waals surface area contributed by atoms with Crippen LogP contribution in [0.2, 0.25) is 0 Å². The van der Waals surface area contributed by atoms with Gasteiger partial charge in [0.15, 0.2) is 37.7 Å². The van der Waals surface area contributed by atoms with Crippen molar-refractivity contribution >= 4 is 29.4 Å². The van der Waals surface area contributed by atoms with Crippen molar-refractivity contribution in [1.82, 2.24) is 20.6 Å². The van der Waals surface area contributed by atoms with Crippen LogP contribution < -0.4 is 10.6 Å². The number of aromatic amines is 1. The van der Waals surface area contributed by atoms with Gasteiger partial charge in [0.1, 0.15) is 116 Å². The average Bonchev–Trinajstić information content (AvgIpc) is 1.06. The number of rotatable bonds is 30. The fraction of sp³-hybridized carbons (Fsp3) is 0.889. The molecule has 35 nitrogen and oxygen atoms in total. The van der Waals surface area contributed by atoms with Gasteiger partial charge in [-0.3, -0.25) is 4.79 Å². The van der Waals surface area contributed by atoms with E-state index in [0.29, 0.717) is 29.4 Å². The van der Waals surface area contributed by atoms with Gasteiger partial charge in [0.05, 0.1) is 94.7 Å². The number of hydrogen-bond donors (Lipinski definition) is 20. The molecule has 0 bridgehead atoms. The van der Waals surface area contributed by atoms with Crippen molar-refractivity contribution in [3.8, 4) is 0 Å². The molecule has 37 heteroatoms. The molecule has 524 valence electrons. The van der Waals surface area contributed by atoms with E-state index < -0.39 is 230 Å². The van der Waals surface area contributed by atoms with Gasteiger partial charge in [-0.1, -0.05) is 6.58 Å². The minimum Gasteiger partial charge on any atom is -0.394 e. The smallest absolute Gasteiger partial charge is 0.226 e. The van der Waals surface area contributed by atoms with Crippen LogP contribution in [0, 0.1) is 0 Å². The van der Waals surface area contributed by atoms with Crippen molar-refractivity contribution in [1.29, 1.82) is 0 Å². The van der Waals surface area contributed by atoms with Crippen molar-refractivity contribution in [2.24, 2.45) is 0 Å². The van der Waals surface area contributed by atoms with Crippen LogP contribution >= 0.6 is 23.5 Å². The number of carbonyl (C=O) groups excluding carboxylic acids is 1. The molecule has 0 saturated carbocycles. The number of imidazole rings is 1. The molecule has 1 aromatic rings. The van der Waals surface area contributed by atoms with E-state index in [1.165, 1.54) is 29.9 Å². The van der Waals surface area contributed by atoms with E-state index in [9.17, 15) is 91.6 Å². The maximum absolute atomic E-state index is 12.2. The highest BCUT2D eigenvalue weighted by Gasteiger charge is 2.56. The first kappa shape index (κ1) is 74.5. The highest BCUT2D eigenvalue weighted by Crippen LogP contribution is 2.38. The largest absolute Gasteiger partial charge is 0.394 e. The summed E-state index contributed by atoms with van der Waals surface area (Å²) in [5.74, 6) is 0.689. The predicted octanol–water partition coefficient (Wildman–Crippen LogP) is -9.82. The van der Waals surface area contributed by atoms with Crippen molar-refractivity contribution in [3.63, 3.8) is 0 Å². The van der Waals surface area contributed by atoms with Gasteiger partial charge in [-0.2, -0.15) is 23.5 Å². The predicted molar refractivity (Wildman–Crippen MR) is 305 cm³/mol. The maximum Gasteiger partial charge on any atom is 0.226 e. The Labute approximate surface area is 530 Å². The summed E-state index contributed by atoms with van der Waals surface area (Å²) < 4.78 is 76.7. The number of aliphatic hydroxyl groups is 17. The minimum atomic E-state index is -2.00. The quantitative estimate of drug-likeness (QED) is 0.0318. The summed E-state index contributed by atoms with van der Waals surface area (Å²) in [7, 11) is 0. The Morgan fingerprint density at radius 3 is 1.40 bits per heavy atom. The van der Waals surface area contributed by atoms with Crippen molar-refractivity contribution in [2.75, 3.05) is 75.7 Å². The number of H-pyrrole nitrogens is 1. The molecule has 1 amide bonds. The summed E-state index contributed by atoms with van der Waals surface area (Å²) >= 11 is 2.57. The van der Waals surface area contributed by atoms with Gasteiger partial charge in [0.2, 0.25) is 5.91 Å². The Balaban J connectivity index is 0.841. The van der Waals surface area contributed by atoms with Crippen LogP contribution in [0.15, 0.2) is 24.8 Å². The molecular formula is C54H90N4O31S2. The third-order valence-corrected chi connectivity index (χ3v) is 18.6. The van der Waals surface area contributed by atoms with Crippen LogP contribution in [-0.4, -0.2) is 369 Å². The number of carbonyl (C=O) groups is 1. The van der Waals surface area contributed by atoms with Crippen molar-refractivity contribution < 1.29 is 153 Å². The lowest BCUT2D eigenvalue weighted by Crippen LogP contribution is -2.66. The van der Waals surface area contributed by atoms with Crippen molar-refractivity contribution in [2.45, 2.75) is 223 Å². The lowest BCUT2D eigenvalue weighted by molar-refractivity contribution is -0.384. The van der Waals surface area contributed by atoms with E-state index in [2.05, 4.69) is 27.2 Å². The molecule has 7 saturated heterocycles. The van der Waals surface area contributed by atoms with E-state index in [4.69, 9.17) is 61.6 Å². The average molecular weight is 1360 g/mol. The first-order valence-corrected chi connectivity index (χ1v) is 32.4. The van der Waals surface area contributed by atoms with E-state index in [0.717, 1.165) is 0 Å². The van der Waals surface area contributed by atoms with Gasteiger partial charge in [0.25, 0.3) is 0 Å². The molecule has 0 aromatic carbocycles. The number of thioether (sulfide) groups is 2. The number of aromatic nitrogens is 2. The van der Waals surface area contributed by atoms with E-state index >= 15 is 0 Å². The van der Waals surface area contributed by atoms with Crippen LogP contribution in [0.1, 0.15) is 31.9 Å². The van der Waals surface area contributed by atoms with Gasteiger partial charge in [-0.05, 0) is 6.92 Å². The van der Waals surface area contributed by atoms with E-state index in [-0.39, 0.29) is 49.8 Å². The fourth-order valence-electron chi connectivity index (χ4n) is 11.4. The number of allylic oxidation sites excluding steroid dienone is 1. The summed E-state index contributed by atoms with van der Waals surface area (Å²) in [6, 6.07) is 0. The number of aliphatic hydroxyl groups excluding tert-OH is 17. The summed E-state index contributed by atoms with van der Waals surface area (Å²) in [4.78, 5) is 19.0. The zero-order chi connectivity index (χ0) is 65.8. The minimum absolute atomic E-state index is 0.0167. The third kappa shape index (κ3) is 19.1. The number of ether oxygens (including phenoxy) is 13. The number of nitrogens with zero attached hydrogens (tertiary/aromatic N) is 1. The van der Waals surface area contributed by atoms with Crippen LogP contribution in [0.3, 0.4) is 0 Å². The molecule has 7 fully saturated rings. The molecule has 91 heavy (non-hydrogen) atoms. The van der Waals surface area contributed by atoms with Gasteiger partial charge in [0, 0.05) is 67.3 Å². The Kier molecular flexibility index (Phi) is 28.9. The fourth-order valence-corrected chi connectivity index (χ4v) is 13.3. The molecule has 31 atom stereocenters. The van der Waals surface area contributed by atoms with Crippen LogP contribution in [0.25, 0.3) is 0 Å². The second-order valence-corrected chi connectivity index (χ2v) is 25.5. The van der Waals surface area contributed by atoms with Gasteiger partial charge < -0.3 is 164 Å². The molecule has 0 spiro atoms. The molecule has 7 aliphatic heterocycles. The standard InChI is InChI=1S/C54H90N4O31S2/c1-21(2)56-3-5-91-19-35-48(41(72)45(76)54(86-35)89-47-33(16-63)84-52(44(75)40(47)71)78-26-8-23(64)17-77-29(26)12-59)88-50-25(66)10-28(31(14-61)82-50)80-53-43(74)39(70)46(32(15-62)83-53)87-49-24(65)9-27(30(13-60)81-49)79-51-42(73)38(69)37(68)34(85-51)18-90-6-4-57-36(67)7-22-11-55-20-58-22/h11,20,23-35,37-54,56,59-66,68-76H,1,3-10,12-19H2,2H3,(H,55,58)(H,57,67). The van der Waals surface area contributed by atoms with Crippen LogP contribution in [-0.2, 0) is 72.8 Å². The zero-order valence-electron chi connectivity index (χ0n) is 49.7. The number of nitrogens with one attached hydrogen (secondary N) is 3. The van der Waals surface area contributed by atoms with E-state index in [1.54, 1.807) is 13.1 Å². The van der Waals surface area contributed by atoms with Gasteiger partial charge in [-0.25, -0.2) is 4.98 Å². The first-order valence-electron chi connectivity index (χ1n) is 30.1. The molecule has 8 rings (SSSR count). The zero-order valence-corrected chi connectivity index (χ0v) is 51.3. The molecule has 8 heterocycles. The second-order valence-electron chi connectivity index (χ2n) is 23.2. The Bertz CT molecular complexity index is 2320. The second kappa shape index (κ2) is 35.3. The monoisotopic (exact) mass is 1350 g/mol. The van der Waals surface area contributed by atoms with E-state index in [1.807, 2.05) is 0 Å². The molecule has 1 aromatic heterocycles. The topological polar surface area (TPSA) is 534 Å². The van der Waals surface area contributed by atoms with Gasteiger partial charge in [-0.15, -0.1) is 0 Å². The maximum atomic E-state index is 12.2. The molecule has 0 aliphatic carbocycles. The Morgan fingerprint density at radius 1 is 0.516 bits per heavy atom. The Morgan fingerprint density at radius 2 is 0.923 bits per heavy atom. The van der Waals surface area contributed by atoms with Crippen LogP contribution in [0.4, 0.5) is 0 Å². The molecule has 31 unspecified atom stereocenters. The number of amides is 1. The van der Waals surface area contributed by atoms with Gasteiger partial charge >= 0.3 is 0 Å². The lowest BCUT2D eigenvalue weighted by Gasteiger charge is -2.49. The highest BCUT2D eigenvalue weighted by atomic mass is 32.2. The summed E-state index contributed by atoms with van der Waals surface area (Å²) in [5.41, 5.74) is 1.25. The highest BCUT2D eigenvalue weighted by molar-refractivity contribution is 7.99.